The summed E-state index contributed by atoms with van der Waals surface area (Å²) in [5.41, 5.74) is 0. The quantitative estimate of drug-likeness (QED) is 0.652. The van der Waals surface area contributed by atoms with Crippen LogP contribution in [0.5, 0.6) is 0 Å². The van der Waals surface area contributed by atoms with Gasteiger partial charge in [-0.1, -0.05) is 17.8 Å². The summed E-state index contributed by atoms with van der Waals surface area (Å²) < 4.78 is 7.39. The molecule has 20 heavy (non-hydrogen) atoms. The van der Waals surface area contributed by atoms with Gasteiger partial charge in [0.2, 0.25) is 11.8 Å². The molecule has 0 saturated carbocycles. The van der Waals surface area contributed by atoms with Gasteiger partial charge in [0, 0.05) is 18.3 Å². The molecule has 3 heterocycles. The number of rotatable bonds is 6. The third-order valence-corrected chi connectivity index (χ3v) is 4.55. The number of hydrogen-bond acceptors (Lipinski definition) is 7. The van der Waals surface area contributed by atoms with Crippen molar-refractivity contribution < 1.29 is 4.42 Å². The summed E-state index contributed by atoms with van der Waals surface area (Å²) in [4.78, 5) is 1.36. The summed E-state index contributed by atoms with van der Waals surface area (Å²) >= 11 is 3.32. The predicted octanol–water partition coefficient (Wildman–Crippen LogP) is 2.57. The molecule has 0 aromatic carbocycles. The molecule has 0 fully saturated rings. The molecule has 0 radical (unpaired) electrons. The molecule has 0 aliphatic rings. The molecule has 3 aromatic heterocycles. The molecule has 0 saturated heterocycles. The number of aryl methyl sites for hydroxylation is 3. The van der Waals surface area contributed by atoms with Crippen LogP contribution < -0.4 is 0 Å². The molecule has 0 bridgehead atoms. The average molecular weight is 307 g/mol. The zero-order valence-corrected chi connectivity index (χ0v) is 12.5. The Labute approximate surface area is 124 Å². The van der Waals surface area contributed by atoms with Crippen LogP contribution >= 0.6 is 23.1 Å². The summed E-state index contributed by atoms with van der Waals surface area (Å²) in [6, 6.07) is 4.21. The molecule has 0 aliphatic carbocycles. The highest BCUT2D eigenvalue weighted by molar-refractivity contribution is 7.98. The summed E-state index contributed by atoms with van der Waals surface area (Å²) in [6.07, 6.45) is 2.75. The topological polar surface area (TPSA) is 69.6 Å². The zero-order valence-electron chi connectivity index (χ0n) is 10.9. The third kappa shape index (κ3) is 3.26. The second kappa shape index (κ2) is 6.19. The minimum absolute atomic E-state index is 0.583. The standard InChI is InChI=1S/C12H13N5OS2/c1-9-14-15-11(18-9)7-20-12-16-13-8-17(12)5-4-10-3-2-6-19-10/h2-3,6,8H,4-5,7H2,1H3. The summed E-state index contributed by atoms with van der Waals surface area (Å²) in [6.45, 7) is 2.66. The lowest BCUT2D eigenvalue weighted by Gasteiger charge is -2.03. The van der Waals surface area contributed by atoms with Gasteiger partial charge in [0.15, 0.2) is 5.16 Å². The first kappa shape index (κ1) is 13.3. The minimum atomic E-state index is 0.583. The van der Waals surface area contributed by atoms with Gasteiger partial charge in [0.25, 0.3) is 0 Å². The van der Waals surface area contributed by atoms with E-state index in [-0.39, 0.29) is 0 Å². The summed E-state index contributed by atoms with van der Waals surface area (Å²) in [5, 5.41) is 18.8. The van der Waals surface area contributed by atoms with Crippen LogP contribution in [0.2, 0.25) is 0 Å². The molecule has 0 amide bonds. The number of nitrogens with zero attached hydrogens (tertiary/aromatic N) is 5. The molecule has 0 atom stereocenters. The van der Waals surface area contributed by atoms with E-state index in [0.717, 1.165) is 18.1 Å². The third-order valence-electron chi connectivity index (χ3n) is 2.65. The van der Waals surface area contributed by atoms with Gasteiger partial charge in [-0.3, -0.25) is 0 Å². The van der Waals surface area contributed by atoms with E-state index in [0.29, 0.717) is 17.5 Å². The maximum absolute atomic E-state index is 5.34. The Balaban J connectivity index is 1.58. The van der Waals surface area contributed by atoms with Gasteiger partial charge in [-0.25, -0.2) is 0 Å². The van der Waals surface area contributed by atoms with Gasteiger partial charge >= 0.3 is 0 Å². The van der Waals surface area contributed by atoms with Gasteiger partial charge in [-0.05, 0) is 17.9 Å². The Kier molecular flexibility index (Phi) is 4.12. The van der Waals surface area contributed by atoms with Gasteiger partial charge in [0.05, 0.1) is 5.75 Å². The molecular weight excluding hydrogens is 294 g/mol. The number of hydrogen-bond donors (Lipinski definition) is 0. The van der Waals surface area contributed by atoms with E-state index in [1.165, 1.54) is 4.88 Å². The minimum Gasteiger partial charge on any atom is -0.425 e. The van der Waals surface area contributed by atoms with Crippen LogP contribution in [-0.4, -0.2) is 25.0 Å². The fraction of sp³-hybridized carbons (Fsp3) is 0.333. The zero-order chi connectivity index (χ0) is 13.8. The van der Waals surface area contributed by atoms with E-state index >= 15 is 0 Å². The first-order valence-electron chi connectivity index (χ1n) is 6.13. The maximum atomic E-state index is 5.34. The van der Waals surface area contributed by atoms with Crippen molar-refractivity contribution in [2.75, 3.05) is 0 Å². The van der Waals surface area contributed by atoms with Crippen LogP contribution in [0.25, 0.3) is 0 Å². The predicted molar refractivity (Wildman–Crippen MR) is 76.6 cm³/mol. The lowest BCUT2D eigenvalue weighted by atomic mass is 10.3. The highest BCUT2D eigenvalue weighted by atomic mass is 32.2. The van der Waals surface area contributed by atoms with Crippen molar-refractivity contribution >= 4 is 23.1 Å². The lowest BCUT2D eigenvalue weighted by molar-refractivity contribution is 0.485. The molecule has 0 spiro atoms. The Morgan fingerprint density at radius 3 is 3.05 bits per heavy atom. The monoisotopic (exact) mass is 307 g/mol. The van der Waals surface area contributed by atoms with Crippen molar-refractivity contribution in [3.05, 3.63) is 40.5 Å². The first-order valence-corrected chi connectivity index (χ1v) is 8.00. The molecule has 0 N–H and O–H groups in total. The Morgan fingerprint density at radius 2 is 2.30 bits per heavy atom. The number of aromatic nitrogens is 5. The van der Waals surface area contributed by atoms with Crippen molar-refractivity contribution in [2.45, 2.75) is 30.8 Å². The molecular formula is C12H13N5OS2. The molecule has 0 aliphatic heterocycles. The fourth-order valence-corrected chi connectivity index (χ4v) is 3.19. The molecule has 8 heteroatoms. The second-order valence-electron chi connectivity index (χ2n) is 4.14. The Morgan fingerprint density at radius 1 is 1.35 bits per heavy atom. The van der Waals surface area contributed by atoms with E-state index in [9.17, 15) is 0 Å². The lowest BCUT2D eigenvalue weighted by Crippen LogP contribution is -2.01. The van der Waals surface area contributed by atoms with Gasteiger partial charge < -0.3 is 8.98 Å². The van der Waals surface area contributed by atoms with E-state index < -0.39 is 0 Å². The van der Waals surface area contributed by atoms with E-state index in [1.807, 2.05) is 4.57 Å². The van der Waals surface area contributed by atoms with Crippen molar-refractivity contribution in [2.24, 2.45) is 0 Å². The van der Waals surface area contributed by atoms with Crippen molar-refractivity contribution in [3.63, 3.8) is 0 Å². The second-order valence-corrected chi connectivity index (χ2v) is 6.11. The van der Waals surface area contributed by atoms with Crippen LogP contribution in [0.3, 0.4) is 0 Å². The normalized spacial score (nSPS) is 11.1. The van der Waals surface area contributed by atoms with Crippen LogP contribution in [0.15, 0.2) is 33.4 Å². The maximum Gasteiger partial charge on any atom is 0.226 e. The van der Waals surface area contributed by atoms with Gasteiger partial charge in [-0.2, -0.15) is 0 Å². The Hall–Kier alpha value is -1.67. The molecule has 3 rings (SSSR count). The number of thioether (sulfide) groups is 1. The van der Waals surface area contributed by atoms with E-state index in [2.05, 4.69) is 37.9 Å². The van der Waals surface area contributed by atoms with Gasteiger partial charge in [-0.15, -0.1) is 31.7 Å². The molecule has 6 nitrogen and oxygen atoms in total. The molecule has 0 unspecified atom stereocenters. The van der Waals surface area contributed by atoms with E-state index in [4.69, 9.17) is 4.42 Å². The van der Waals surface area contributed by atoms with Crippen molar-refractivity contribution in [3.8, 4) is 0 Å². The Bertz CT molecular complexity index is 661. The summed E-state index contributed by atoms with van der Waals surface area (Å²) in [7, 11) is 0. The average Bonchev–Trinajstić information content (AvgIpc) is 3.16. The van der Waals surface area contributed by atoms with Crippen molar-refractivity contribution in [1.82, 2.24) is 25.0 Å². The van der Waals surface area contributed by atoms with Crippen LogP contribution in [0.4, 0.5) is 0 Å². The van der Waals surface area contributed by atoms with Crippen LogP contribution in [0.1, 0.15) is 16.7 Å². The smallest absolute Gasteiger partial charge is 0.226 e. The summed E-state index contributed by atoms with van der Waals surface area (Å²) in [5.74, 6) is 1.80. The van der Waals surface area contributed by atoms with Gasteiger partial charge in [0.1, 0.15) is 6.33 Å². The molecule has 3 aromatic rings. The van der Waals surface area contributed by atoms with E-state index in [1.54, 1.807) is 36.3 Å². The highest BCUT2D eigenvalue weighted by Gasteiger charge is 2.09. The SMILES string of the molecule is Cc1nnc(CSc2nncn2CCc2cccs2)o1. The first-order chi connectivity index (χ1) is 9.81. The highest BCUT2D eigenvalue weighted by Crippen LogP contribution is 2.20. The molecule has 104 valence electrons. The van der Waals surface area contributed by atoms with Crippen LogP contribution in [-0.2, 0) is 18.7 Å². The van der Waals surface area contributed by atoms with Crippen molar-refractivity contribution in [1.29, 1.82) is 0 Å². The largest absolute Gasteiger partial charge is 0.425 e. The fourth-order valence-electron chi connectivity index (χ4n) is 1.72. The number of thiophene rings is 1. The van der Waals surface area contributed by atoms with Crippen LogP contribution in [0, 0.1) is 6.92 Å².